The molecule has 5 rings (SSSR count). The van der Waals surface area contributed by atoms with Crippen LogP contribution < -0.4 is 0 Å². The minimum absolute atomic E-state index is 0.107. The van der Waals surface area contributed by atoms with Crippen molar-refractivity contribution in [2.24, 2.45) is 56.7 Å². The Morgan fingerprint density at radius 2 is 1.63 bits per heavy atom. The number of aliphatic hydroxyl groups excluding tert-OH is 2. The fourth-order valence-electron chi connectivity index (χ4n) is 10.8. The average Bonchev–Trinajstić information content (AvgIpc) is 2.75. The number of aliphatic carboxylic acids is 1. The van der Waals surface area contributed by atoms with Crippen LogP contribution in [0.1, 0.15) is 93.4 Å². The number of rotatable bonds is 1. The van der Waals surface area contributed by atoms with Crippen LogP contribution in [0.25, 0.3) is 0 Å². The molecule has 5 aliphatic carbocycles. The van der Waals surface area contributed by atoms with Crippen LogP contribution in [-0.4, -0.2) is 39.3 Å². The van der Waals surface area contributed by atoms with E-state index in [9.17, 15) is 24.9 Å². The van der Waals surface area contributed by atoms with Gasteiger partial charge in [0.2, 0.25) is 0 Å². The number of carboxylic acid groups (broad SMARTS) is 1. The molecule has 0 amide bonds. The van der Waals surface area contributed by atoms with E-state index in [1.807, 2.05) is 6.08 Å². The Labute approximate surface area is 210 Å². The Hall–Kier alpha value is -1.20. The monoisotopic (exact) mass is 486 g/mol. The van der Waals surface area contributed by atoms with E-state index >= 15 is 0 Å². The molecule has 0 heterocycles. The third-order valence-electron chi connectivity index (χ3n) is 13.1. The standard InChI is InChI=1S/C30H46O5/c1-16-8-11-30(25(34)35)13-12-28(6)18(22(30)17(16)2)14-19(31)23-27(5)15-20(32)24(33)26(3,4)21(27)9-10-29(23,28)7/h14,16-17,20-24,32-33H,8-13,15H2,1-7H3,(H,34,35)/t16-,17+,20-,21+,22+,23-,24+,27+,28-,29-,30+/m1/s1. The average molecular weight is 487 g/mol. The second-order valence-corrected chi connectivity index (χ2v) is 14.6. The molecule has 4 saturated carbocycles. The highest BCUT2D eigenvalue weighted by atomic mass is 16.4. The van der Waals surface area contributed by atoms with Gasteiger partial charge in [-0.3, -0.25) is 9.59 Å². The molecule has 5 nitrogen and oxygen atoms in total. The van der Waals surface area contributed by atoms with Gasteiger partial charge in [-0.15, -0.1) is 0 Å². The zero-order chi connectivity index (χ0) is 25.9. The molecule has 0 bridgehead atoms. The summed E-state index contributed by atoms with van der Waals surface area (Å²) < 4.78 is 0. The summed E-state index contributed by atoms with van der Waals surface area (Å²) in [5, 5.41) is 32.3. The zero-order valence-electron chi connectivity index (χ0n) is 22.7. The van der Waals surface area contributed by atoms with Crippen molar-refractivity contribution in [2.75, 3.05) is 0 Å². The van der Waals surface area contributed by atoms with Gasteiger partial charge in [-0.2, -0.15) is 0 Å². The van der Waals surface area contributed by atoms with Crippen LogP contribution in [0.4, 0.5) is 0 Å². The van der Waals surface area contributed by atoms with Crippen molar-refractivity contribution < 1.29 is 24.9 Å². The predicted octanol–water partition coefficient (Wildman–Crippen LogP) is 5.24. The van der Waals surface area contributed by atoms with E-state index in [1.165, 1.54) is 0 Å². The molecule has 11 atom stereocenters. The Morgan fingerprint density at radius 1 is 0.971 bits per heavy atom. The fourth-order valence-corrected chi connectivity index (χ4v) is 10.8. The van der Waals surface area contributed by atoms with E-state index in [4.69, 9.17) is 0 Å². The molecule has 0 aliphatic heterocycles. The van der Waals surface area contributed by atoms with Crippen molar-refractivity contribution in [3.63, 3.8) is 0 Å². The Kier molecular flexibility index (Phi) is 5.40. The van der Waals surface area contributed by atoms with Crippen molar-refractivity contribution in [1.29, 1.82) is 0 Å². The summed E-state index contributed by atoms with van der Waals surface area (Å²) in [6.45, 7) is 15.3. The number of carbonyl (C=O) groups excluding carboxylic acids is 1. The molecule has 0 radical (unpaired) electrons. The van der Waals surface area contributed by atoms with Crippen molar-refractivity contribution in [1.82, 2.24) is 0 Å². The number of carboxylic acids is 1. The van der Waals surface area contributed by atoms with Gasteiger partial charge in [0.05, 0.1) is 17.6 Å². The zero-order valence-corrected chi connectivity index (χ0v) is 22.7. The van der Waals surface area contributed by atoms with Gasteiger partial charge in [0.15, 0.2) is 5.78 Å². The minimum Gasteiger partial charge on any atom is -0.481 e. The van der Waals surface area contributed by atoms with Crippen LogP contribution >= 0.6 is 0 Å². The summed E-state index contributed by atoms with van der Waals surface area (Å²) in [4.78, 5) is 27.1. The maximum atomic E-state index is 14.3. The molecule has 0 unspecified atom stereocenters. The first-order chi connectivity index (χ1) is 16.1. The number of ketones is 1. The van der Waals surface area contributed by atoms with E-state index < -0.39 is 34.4 Å². The van der Waals surface area contributed by atoms with Crippen LogP contribution in [0.3, 0.4) is 0 Å². The van der Waals surface area contributed by atoms with Gasteiger partial charge in [-0.25, -0.2) is 0 Å². The lowest BCUT2D eigenvalue weighted by molar-refractivity contribution is -0.228. The third kappa shape index (κ3) is 2.89. The lowest BCUT2D eigenvalue weighted by Gasteiger charge is -2.70. The molecule has 196 valence electrons. The molecule has 0 aromatic carbocycles. The van der Waals surface area contributed by atoms with Gasteiger partial charge >= 0.3 is 5.97 Å². The molecule has 0 saturated heterocycles. The minimum atomic E-state index is -0.843. The summed E-state index contributed by atoms with van der Waals surface area (Å²) in [6, 6.07) is 0. The quantitative estimate of drug-likeness (QED) is 0.471. The number of hydrogen-bond donors (Lipinski definition) is 3. The second-order valence-electron chi connectivity index (χ2n) is 14.6. The summed E-state index contributed by atoms with van der Waals surface area (Å²) in [7, 11) is 0. The summed E-state index contributed by atoms with van der Waals surface area (Å²) in [5.74, 6) is -0.118. The van der Waals surface area contributed by atoms with Crippen molar-refractivity contribution in [2.45, 2.75) is 106 Å². The Bertz CT molecular complexity index is 983. The molecule has 0 aromatic rings. The summed E-state index contributed by atoms with van der Waals surface area (Å²) in [6.07, 6.45) is 5.57. The maximum Gasteiger partial charge on any atom is 0.310 e. The van der Waals surface area contributed by atoms with Crippen LogP contribution in [0.15, 0.2) is 11.6 Å². The van der Waals surface area contributed by atoms with Gasteiger partial charge in [0.25, 0.3) is 0 Å². The number of aliphatic hydroxyl groups is 2. The highest BCUT2D eigenvalue weighted by Crippen LogP contribution is 2.75. The van der Waals surface area contributed by atoms with E-state index in [1.54, 1.807) is 0 Å². The summed E-state index contributed by atoms with van der Waals surface area (Å²) in [5.41, 5.74) is -1.11. The van der Waals surface area contributed by atoms with E-state index in [2.05, 4.69) is 48.5 Å². The van der Waals surface area contributed by atoms with Crippen LogP contribution in [0.2, 0.25) is 0 Å². The van der Waals surface area contributed by atoms with Gasteiger partial charge in [0, 0.05) is 5.92 Å². The first-order valence-corrected chi connectivity index (χ1v) is 13.9. The maximum absolute atomic E-state index is 14.3. The normalized spacial score (nSPS) is 55.1. The van der Waals surface area contributed by atoms with Crippen molar-refractivity contribution >= 4 is 11.8 Å². The van der Waals surface area contributed by atoms with Crippen molar-refractivity contribution in [3.05, 3.63) is 11.6 Å². The molecule has 3 N–H and O–H groups in total. The first-order valence-electron chi connectivity index (χ1n) is 13.9. The van der Waals surface area contributed by atoms with E-state index in [-0.39, 0.29) is 40.3 Å². The molecule has 0 spiro atoms. The molecule has 5 aliphatic rings. The van der Waals surface area contributed by atoms with Gasteiger partial charge in [0.1, 0.15) is 0 Å². The second kappa shape index (κ2) is 7.43. The first kappa shape index (κ1) is 25.4. The SMILES string of the molecule is C[C@H]1[C@H](C)CC[C@]2(C(=O)O)CC[C@]3(C)C(=CC(=O)[C@@H]4[C@@]5(C)C[C@@H](O)[C@H](O)C(C)(C)[C@@H]5CC[C@]43C)[C@H]12. The topological polar surface area (TPSA) is 94.8 Å². The largest absolute Gasteiger partial charge is 0.481 e. The van der Waals surface area contributed by atoms with Crippen molar-refractivity contribution in [3.8, 4) is 0 Å². The highest BCUT2D eigenvalue weighted by Gasteiger charge is 2.72. The number of hydrogen-bond acceptors (Lipinski definition) is 4. The molecular weight excluding hydrogens is 440 g/mol. The summed E-state index contributed by atoms with van der Waals surface area (Å²) >= 11 is 0. The predicted molar refractivity (Wildman–Crippen MR) is 134 cm³/mol. The smallest absolute Gasteiger partial charge is 0.310 e. The van der Waals surface area contributed by atoms with Crippen LogP contribution in [0.5, 0.6) is 0 Å². The molecule has 35 heavy (non-hydrogen) atoms. The van der Waals surface area contributed by atoms with Gasteiger partial charge in [-0.05, 0) is 96.4 Å². The molecule has 0 aromatic heterocycles. The molecular formula is C30H46O5. The number of allylic oxidation sites excluding steroid dienone is 2. The van der Waals surface area contributed by atoms with E-state index in [0.29, 0.717) is 25.2 Å². The third-order valence-corrected chi connectivity index (χ3v) is 13.1. The molecule has 4 fully saturated rings. The lowest BCUT2D eigenvalue weighted by Crippen LogP contribution is -2.69. The van der Waals surface area contributed by atoms with Gasteiger partial charge < -0.3 is 15.3 Å². The number of carbonyl (C=O) groups is 2. The molecule has 5 heteroatoms. The van der Waals surface area contributed by atoms with Crippen LogP contribution in [-0.2, 0) is 9.59 Å². The van der Waals surface area contributed by atoms with Gasteiger partial charge in [-0.1, -0.05) is 54.0 Å². The number of fused-ring (bicyclic) bond motifs is 7. The Balaban J connectivity index is 1.67. The van der Waals surface area contributed by atoms with E-state index in [0.717, 1.165) is 31.3 Å². The Morgan fingerprint density at radius 3 is 2.26 bits per heavy atom. The van der Waals surface area contributed by atoms with Crippen LogP contribution in [0, 0.1) is 56.7 Å². The lowest BCUT2D eigenvalue weighted by atomic mass is 9.33. The highest BCUT2D eigenvalue weighted by molar-refractivity contribution is 5.96. The fraction of sp³-hybridized carbons (Fsp3) is 0.867.